The molecule has 3 heteroatoms. The molecule has 9 heavy (non-hydrogen) atoms. The molecule has 1 aromatic rings. The number of halogens is 1. The molecule has 0 aliphatic rings. The molecule has 0 amide bonds. The van der Waals surface area contributed by atoms with E-state index in [1.54, 1.807) is 12.3 Å². The molecule has 1 nitrogen and oxygen atoms in total. The summed E-state index contributed by atoms with van der Waals surface area (Å²) < 4.78 is 17.3. The Kier molecular flexibility index (Phi) is 1.71. The maximum Gasteiger partial charge on any atom is 0.183 e. The Bertz CT molecular complexity index is 207. The van der Waals surface area contributed by atoms with E-state index < -0.39 is 0 Å². The summed E-state index contributed by atoms with van der Waals surface area (Å²) in [5, 5.41) is 1.50. The van der Waals surface area contributed by atoms with Gasteiger partial charge in [-0.1, -0.05) is 0 Å². The standard InChI is InChI=1S/C6H7FOS/c1-4-5(8-2)3-9-6(4)7/h3H,1-2H3. The third-order valence-electron chi connectivity index (χ3n) is 1.15. The molecule has 0 bridgehead atoms. The first-order valence-corrected chi connectivity index (χ1v) is 3.41. The van der Waals surface area contributed by atoms with Gasteiger partial charge in [-0.3, -0.25) is 0 Å². The highest BCUT2D eigenvalue weighted by atomic mass is 32.1. The van der Waals surface area contributed by atoms with Gasteiger partial charge in [-0.05, 0) is 6.92 Å². The summed E-state index contributed by atoms with van der Waals surface area (Å²) in [7, 11) is 1.54. The predicted octanol–water partition coefficient (Wildman–Crippen LogP) is 2.20. The van der Waals surface area contributed by atoms with E-state index in [1.165, 1.54) is 7.11 Å². The number of methoxy groups -OCH3 is 1. The van der Waals surface area contributed by atoms with Gasteiger partial charge in [0.15, 0.2) is 5.13 Å². The minimum absolute atomic E-state index is 0.160. The topological polar surface area (TPSA) is 9.23 Å². The smallest absolute Gasteiger partial charge is 0.183 e. The Hall–Kier alpha value is -0.570. The zero-order valence-electron chi connectivity index (χ0n) is 5.27. The summed E-state index contributed by atoms with van der Waals surface area (Å²) in [4.78, 5) is 0. The van der Waals surface area contributed by atoms with Crippen molar-refractivity contribution in [2.45, 2.75) is 6.92 Å². The third-order valence-corrected chi connectivity index (χ3v) is 2.00. The van der Waals surface area contributed by atoms with Gasteiger partial charge in [0.05, 0.1) is 7.11 Å². The second kappa shape index (κ2) is 2.35. The van der Waals surface area contributed by atoms with E-state index in [4.69, 9.17) is 4.74 Å². The normalized spacial score (nSPS) is 9.67. The monoisotopic (exact) mass is 146 g/mol. The first-order valence-electron chi connectivity index (χ1n) is 2.53. The quantitative estimate of drug-likeness (QED) is 0.590. The van der Waals surface area contributed by atoms with Crippen molar-refractivity contribution in [2.24, 2.45) is 0 Å². The SMILES string of the molecule is COc1csc(F)c1C. The highest BCUT2D eigenvalue weighted by molar-refractivity contribution is 7.08. The summed E-state index contributed by atoms with van der Waals surface area (Å²) in [5.74, 6) is 0.637. The van der Waals surface area contributed by atoms with Crippen molar-refractivity contribution in [2.75, 3.05) is 7.11 Å². The Morgan fingerprint density at radius 3 is 2.56 bits per heavy atom. The van der Waals surface area contributed by atoms with Crippen LogP contribution in [0.4, 0.5) is 4.39 Å². The minimum atomic E-state index is -0.160. The predicted molar refractivity (Wildman–Crippen MR) is 35.6 cm³/mol. The van der Waals surface area contributed by atoms with Crippen LogP contribution in [0.15, 0.2) is 5.38 Å². The fourth-order valence-corrected chi connectivity index (χ4v) is 1.34. The van der Waals surface area contributed by atoms with E-state index in [0.29, 0.717) is 11.3 Å². The lowest BCUT2D eigenvalue weighted by Gasteiger charge is -1.93. The zero-order valence-corrected chi connectivity index (χ0v) is 6.09. The van der Waals surface area contributed by atoms with E-state index in [-0.39, 0.29) is 5.13 Å². The first kappa shape index (κ1) is 6.55. The molecular formula is C6H7FOS. The van der Waals surface area contributed by atoms with Crippen LogP contribution >= 0.6 is 11.3 Å². The summed E-state index contributed by atoms with van der Waals surface area (Å²) in [5.41, 5.74) is 0.600. The molecule has 0 aromatic carbocycles. The molecule has 0 aliphatic heterocycles. The molecule has 1 heterocycles. The minimum Gasteiger partial charge on any atom is -0.495 e. The maximum atomic E-state index is 12.5. The summed E-state index contributed by atoms with van der Waals surface area (Å²) in [6.07, 6.45) is 0. The molecule has 1 aromatic heterocycles. The molecule has 0 aliphatic carbocycles. The number of rotatable bonds is 1. The van der Waals surface area contributed by atoms with Crippen molar-refractivity contribution in [3.05, 3.63) is 16.1 Å². The van der Waals surface area contributed by atoms with Crippen molar-refractivity contribution in [3.63, 3.8) is 0 Å². The molecule has 0 saturated heterocycles. The van der Waals surface area contributed by atoms with E-state index in [2.05, 4.69) is 0 Å². The molecule has 0 N–H and O–H groups in total. The number of hydrogen-bond acceptors (Lipinski definition) is 2. The second-order valence-corrected chi connectivity index (χ2v) is 2.53. The summed E-state index contributed by atoms with van der Waals surface area (Å²) in [6, 6.07) is 0. The zero-order chi connectivity index (χ0) is 6.85. The van der Waals surface area contributed by atoms with Gasteiger partial charge in [-0.25, -0.2) is 0 Å². The molecule has 0 spiro atoms. The average molecular weight is 146 g/mol. The van der Waals surface area contributed by atoms with E-state index in [0.717, 1.165) is 11.3 Å². The van der Waals surface area contributed by atoms with Gasteiger partial charge in [0, 0.05) is 10.9 Å². The van der Waals surface area contributed by atoms with Gasteiger partial charge in [-0.2, -0.15) is 4.39 Å². The first-order chi connectivity index (χ1) is 4.25. The van der Waals surface area contributed by atoms with E-state index >= 15 is 0 Å². The van der Waals surface area contributed by atoms with Crippen molar-refractivity contribution in [3.8, 4) is 5.75 Å². The molecule has 0 unspecified atom stereocenters. The Balaban J connectivity index is 3.04. The highest BCUT2D eigenvalue weighted by Crippen LogP contribution is 2.25. The second-order valence-electron chi connectivity index (χ2n) is 1.70. The van der Waals surface area contributed by atoms with Crippen molar-refractivity contribution >= 4 is 11.3 Å². The summed E-state index contributed by atoms with van der Waals surface area (Å²) >= 11 is 1.06. The molecular weight excluding hydrogens is 139 g/mol. The van der Waals surface area contributed by atoms with Gasteiger partial charge in [0.1, 0.15) is 5.75 Å². The lowest BCUT2D eigenvalue weighted by Crippen LogP contribution is -1.81. The molecule has 0 radical (unpaired) electrons. The van der Waals surface area contributed by atoms with Crippen LogP contribution in [0.1, 0.15) is 5.56 Å². The van der Waals surface area contributed by atoms with Crippen LogP contribution in [0.25, 0.3) is 0 Å². The van der Waals surface area contributed by atoms with Crippen LogP contribution in [0.3, 0.4) is 0 Å². The molecule has 1 rings (SSSR count). The van der Waals surface area contributed by atoms with Crippen LogP contribution in [-0.4, -0.2) is 7.11 Å². The number of hydrogen-bond donors (Lipinski definition) is 0. The van der Waals surface area contributed by atoms with Crippen LogP contribution in [0.5, 0.6) is 5.75 Å². The fourth-order valence-electron chi connectivity index (χ4n) is 0.580. The lowest BCUT2D eigenvalue weighted by molar-refractivity contribution is 0.411. The molecule has 0 atom stereocenters. The van der Waals surface area contributed by atoms with Gasteiger partial charge >= 0.3 is 0 Å². The Morgan fingerprint density at radius 1 is 1.67 bits per heavy atom. The van der Waals surface area contributed by atoms with E-state index in [9.17, 15) is 4.39 Å². The van der Waals surface area contributed by atoms with Gasteiger partial charge in [0.2, 0.25) is 0 Å². The van der Waals surface area contributed by atoms with E-state index in [1.807, 2.05) is 0 Å². The Morgan fingerprint density at radius 2 is 2.33 bits per heavy atom. The van der Waals surface area contributed by atoms with Crippen molar-refractivity contribution < 1.29 is 9.13 Å². The van der Waals surface area contributed by atoms with Crippen LogP contribution < -0.4 is 4.74 Å². The summed E-state index contributed by atoms with van der Waals surface area (Å²) in [6.45, 7) is 1.70. The molecule has 0 saturated carbocycles. The van der Waals surface area contributed by atoms with Crippen LogP contribution in [-0.2, 0) is 0 Å². The maximum absolute atomic E-state index is 12.5. The lowest BCUT2D eigenvalue weighted by atomic mass is 10.4. The van der Waals surface area contributed by atoms with Gasteiger partial charge in [-0.15, -0.1) is 11.3 Å². The number of thiophene rings is 1. The van der Waals surface area contributed by atoms with Gasteiger partial charge in [0.25, 0.3) is 0 Å². The van der Waals surface area contributed by atoms with Gasteiger partial charge < -0.3 is 4.74 Å². The molecule has 0 fully saturated rings. The average Bonchev–Trinajstić information content (AvgIpc) is 2.15. The third kappa shape index (κ3) is 1.05. The van der Waals surface area contributed by atoms with Crippen molar-refractivity contribution in [1.29, 1.82) is 0 Å². The van der Waals surface area contributed by atoms with Crippen LogP contribution in [0.2, 0.25) is 0 Å². The van der Waals surface area contributed by atoms with Crippen molar-refractivity contribution in [1.82, 2.24) is 0 Å². The largest absolute Gasteiger partial charge is 0.495 e. The Labute approximate surface area is 57.1 Å². The number of ether oxygens (including phenoxy) is 1. The molecule has 50 valence electrons. The highest BCUT2D eigenvalue weighted by Gasteiger charge is 2.04. The van der Waals surface area contributed by atoms with Crippen LogP contribution in [0, 0.1) is 12.1 Å². The fraction of sp³-hybridized carbons (Fsp3) is 0.333.